The molecule has 106 valence electrons. The van der Waals surface area contributed by atoms with E-state index >= 15 is 0 Å². The highest BCUT2D eigenvalue weighted by atomic mass is 16.3. The van der Waals surface area contributed by atoms with Crippen LogP contribution in [0.2, 0.25) is 0 Å². The fourth-order valence-electron chi connectivity index (χ4n) is 2.71. The fourth-order valence-corrected chi connectivity index (χ4v) is 2.71. The lowest BCUT2D eigenvalue weighted by molar-refractivity contribution is 0.490. The molecule has 1 aliphatic rings. The Morgan fingerprint density at radius 3 is 2.40 bits per heavy atom. The van der Waals surface area contributed by atoms with Gasteiger partial charge in [0.2, 0.25) is 0 Å². The van der Waals surface area contributed by atoms with Crippen LogP contribution >= 0.6 is 0 Å². The highest BCUT2D eigenvalue weighted by Crippen LogP contribution is 2.22. The van der Waals surface area contributed by atoms with Crippen molar-refractivity contribution in [1.82, 2.24) is 0 Å². The summed E-state index contributed by atoms with van der Waals surface area (Å²) < 4.78 is 5.55. The van der Waals surface area contributed by atoms with Gasteiger partial charge in [-0.05, 0) is 62.6 Å². The van der Waals surface area contributed by atoms with Gasteiger partial charge in [0.1, 0.15) is 11.5 Å². The predicted octanol–water partition coefficient (Wildman–Crippen LogP) is 4.19. The Morgan fingerprint density at radius 2 is 1.75 bits per heavy atom. The van der Waals surface area contributed by atoms with Crippen molar-refractivity contribution in [2.75, 3.05) is 23.3 Å². The van der Waals surface area contributed by atoms with Gasteiger partial charge >= 0.3 is 0 Å². The molecular formula is C17H22N2O. The molecule has 0 amide bonds. The first-order chi connectivity index (χ1) is 9.81. The SMILES string of the molecule is Cc1ccc(CNc2ccc(N3CCCCC3)cc2)o1. The van der Waals surface area contributed by atoms with Crippen LogP contribution in [0.4, 0.5) is 11.4 Å². The zero-order valence-corrected chi connectivity index (χ0v) is 12.1. The lowest BCUT2D eigenvalue weighted by atomic mass is 10.1. The molecule has 0 radical (unpaired) electrons. The monoisotopic (exact) mass is 270 g/mol. The number of nitrogens with zero attached hydrogens (tertiary/aromatic N) is 1. The summed E-state index contributed by atoms with van der Waals surface area (Å²) in [6.07, 6.45) is 4.01. The third kappa shape index (κ3) is 3.16. The molecule has 1 aliphatic heterocycles. The first-order valence-corrected chi connectivity index (χ1v) is 7.45. The van der Waals surface area contributed by atoms with E-state index in [-0.39, 0.29) is 0 Å². The Hall–Kier alpha value is -1.90. The summed E-state index contributed by atoms with van der Waals surface area (Å²) >= 11 is 0. The number of anilines is 2. The standard InChI is InChI=1S/C17H22N2O/c1-14-5-10-17(20-14)13-18-15-6-8-16(9-7-15)19-11-3-2-4-12-19/h5-10,18H,2-4,11-13H2,1H3. The Balaban J connectivity index is 1.58. The molecular weight excluding hydrogens is 248 g/mol. The van der Waals surface area contributed by atoms with E-state index < -0.39 is 0 Å². The molecule has 1 saturated heterocycles. The largest absolute Gasteiger partial charge is 0.465 e. The van der Waals surface area contributed by atoms with Crippen molar-refractivity contribution < 1.29 is 4.42 Å². The van der Waals surface area contributed by atoms with Crippen LogP contribution in [0.15, 0.2) is 40.8 Å². The van der Waals surface area contributed by atoms with Crippen molar-refractivity contribution in [2.24, 2.45) is 0 Å². The van der Waals surface area contributed by atoms with E-state index in [4.69, 9.17) is 4.42 Å². The van der Waals surface area contributed by atoms with Crippen molar-refractivity contribution in [3.8, 4) is 0 Å². The molecule has 3 nitrogen and oxygen atoms in total. The maximum absolute atomic E-state index is 5.55. The molecule has 1 aromatic carbocycles. The van der Waals surface area contributed by atoms with Crippen molar-refractivity contribution in [2.45, 2.75) is 32.7 Å². The quantitative estimate of drug-likeness (QED) is 0.903. The summed E-state index contributed by atoms with van der Waals surface area (Å²) in [6, 6.07) is 12.7. The van der Waals surface area contributed by atoms with Gasteiger partial charge in [0.25, 0.3) is 0 Å². The molecule has 2 heterocycles. The Labute approximate surface area is 120 Å². The third-order valence-electron chi connectivity index (χ3n) is 3.85. The summed E-state index contributed by atoms with van der Waals surface area (Å²) in [5.41, 5.74) is 2.48. The zero-order valence-electron chi connectivity index (χ0n) is 12.1. The second-order valence-electron chi connectivity index (χ2n) is 5.46. The van der Waals surface area contributed by atoms with E-state index in [0.717, 1.165) is 23.8 Å². The molecule has 0 atom stereocenters. The van der Waals surface area contributed by atoms with Crippen molar-refractivity contribution in [3.63, 3.8) is 0 Å². The molecule has 3 heteroatoms. The number of piperidine rings is 1. The first-order valence-electron chi connectivity index (χ1n) is 7.45. The van der Waals surface area contributed by atoms with Crippen LogP contribution in [0.1, 0.15) is 30.8 Å². The summed E-state index contributed by atoms with van der Waals surface area (Å²) in [6.45, 7) is 5.09. The molecule has 1 N–H and O–H groups in total. The molecule has 0 bridgehead atoms. The van der Waals surface area contributed by atoms with Gasteiger partial charge in [0.15, 0.2) is 0 Å². The molecule has 0 aliphatic carbocycles. The van der Waals surface area contributed by atoms with E-state index in [2.05, 4.69) is 34.5 Å². The number of hydrogen-bond donors (Lipinski definition) is 1. The maximum atomic E-state index is 5.55. The summed E-state index contributed by atoms with van der Waals surface area (Å²) in [7, 11) is 0. The summed E-state index contributed by atoms with van der Waals surface area (Å²) in [4.78, 5) is 2.48. The topological polar surface area (TPSA) is 28.4 Å². The highest BCUT2D eigenvalue weighted by molar-refractivity contribution is 5.55. The van der Waals surface area contributed by atoms with Gasteiger partial charge in [-0.15, -0.1) is 0 Å². The maximum Gasteiger partial charge on any atom is 0.123 e. The number of hydrogen-bond acceptors (Lipinski definition) is 3. The van der Waals surface area contributed by atoms with E-state index in [1.807, 2.05) is 19.1 Å². The second kappa shape index (κ2) is 6.04. The third-order valence-corrected chi connectivity index (χ3v) is 3.85. The number of rotatable bonds is 4. The smallest absolute Gasteiger partial charge is 0.123 e. The Morgan fingerprint density at radius 1 is 1.00 bits per heavy atom. The van der Waals surface area contributed by atoms with Crippen LogP contribution in [0.3, 0.4) is 0 Å². The lowest BCUT2D eigenvalue weighted by Crippen LogP contribution is -2.29. The minimum Gasteiger partial charge on any atom is -0.465 e. The van der Waals surface area contributed by atoms with Crippen LogP contribution in [-0.2, 0) is 6.54 Å². The van der Waals surface area contributed by atoms with Gasteiger partial charge in [-0.1, -0.05) is 0 Å². The minimum atomic E-state index is 0.733. The van der Waals surface area contributed by atoms with Gasteiger partial charge < -0.3 is 14.6 Å². The molecule has 0 saturated carbocycles. The molecule has 2 aromatic rings. The zero-order chi connectivity index (χ0) is 13.8. The Kier molecular flexibility index (Phi) is 3.95. The number of furan rings is 1. The van der Waals surface area contributed by atoms with Gasteiger partial charge in [-0.3, -0.25) is 0 Å². The molecule has 0 spiro atoms. The first kappa shape index (κ1) is 13.1. The highest BCUT2D eigenvalue weighted by Gasteiger charge is 2.10. The van der Waals surface area contributed by atoms with Crippen LogP contribution in [0, 0.1) is 6.92 Å². The molecule has 20 heavy (non-hydrogen) atoms. The van der Waals surface area contributed by atoms with Crippen molar-refractivity contribution in [3.05, 3.63) is 47.9 Å². The van der Waals surface area contributed by atoms with Gasteiger partial charge in [0, 0.05) is 24.5 Å². The van der Waals surface area contributed by atoms with Crippen molar-refractivity contribution in [1.29, 1.82) is 0 Å². The summed E-state index contributed by atoms with van der Waals surface area (Å²) in [5.74, 6) is 1.94. The average molecular weight is 270 g/mol. The van der Waals surface area contributed by atoms with E-state index in [0.29, 0.717) is 0 Å². The van der Waals surface area contributed by atoms with Crippen LogP contribution in [0.5, 0.6) is 0 Å². The van der Waals surface area contributed by atoms with Crippen LogP contribution in [0.25, 0.3) is 0 Å². The van der Waals surface area contributed by atoms with Crippen LogP contribution < -0.4 is 10.2 Å². The Bertz CT molecular complexity index is 538. The van der Waals surface area contributed by atoms with Crippen LogP contribution in [-0.4, -0.2) is 13.1 Å². The number of benzene rings is 1. The lowest BCUT2D eigenvalue weighted by Gasteiger charge is -2.28. The van der Waals surface area contributed by atoms with Gasteiger partial charge in [-0.2, -0.15) is 0 Å². The van der Waals surface area contributed by atoms with Gasteiger partial charge in [0.05, 0.1) is 6.54 Å². The van der Waals surface area contributed by atoms with Gasteiger partial charge in [-0.25, -0.2) is 0 Å². The predicted molar refractivity (Wildman–Crippen MR) is 83.3 cm³/mol. The molecule has 1 aromatic heterocycles. The van der Waals surface area contributed by atoms with E-state index in [1.165, 1.54) is 38.0 Å². The average Bonchev–Trinajstić information content (AvgIpc) is 2.92. The minimum absolute atomic E-state index is 0.733. The van der Waals surface area contributed by atoms with Crippen molar-refractivity contribution >= 4 is 11.4 Å². The fraction of sp³-hybridized carbons (Fsp3) is 0.412. The molecule has 0 unspecified atom stereocenters. The molecule has 1 fully saturated rings. The van der Waals surface area contributed by atoms with E-state index in [1.54, 1.807) is 0 Å². The summed E-state index contributed by atoms with van der Waals surface area (Å²) in [5, 5.41) is 3.39. The molecule has 3 rings (SSSR count). The van der Waals surface area contributed by atoms with E-state index in [9.17, 15) is 0 Å². The second-order valence-corrected chi connectivity index (χ2v) is 5.46. The normalized spacial score (nSPS) is 15.3. The number of aryl methyl sites for hydroxylation is 1. The number of nitrogens with one attached hydrogen (secondary N) is 1.